The standard InChI is InChI=1S/C20H19FN4O2/c1-3-27-18-11-7-6-10-16(18)24-19-12-17(22-13(2)23-19)20(26)25-15-9-5-4-8-14(15)21/h4-12H,3H2,1-2H3,(H,25,26)(H,22,23,24). The number of nitrogens with one attached hydrogen (secondary N) is 2. The number of para-hydroxylation sites is 3. The van der Waals surface area contributed by atoms with Gasteiger partial charge in [0.1, 0.15) is 28.9 Å². The van der Waals surface area contributed by atoms with Crippen LogP contribution in [0.2, 0.25) is 0 Å². The second-order valence-electron chi connectivity index (χ2n) is 5.67. The van der Waals surface area contributed by atoms with Gasteiger partial charge in [-0.25, -0.2) is 14.4 Å². The summed E-state index contributed by atoms with van der Waals surface area (Å²) in [5.74, 6) is 0.488. The smallest absolute Gasteiger partial charge is 0.274 e. The largest absolute Gasteiger partial charge is 0.492 e. The molecule has 0 saturated heterocycles. The number of amides is 1. The molecule has 0 fully saturated rings. The van der Waals surface area contributed by atoms with Gasteiger partial charge in [-0.2, -0.15) is 0 Å². The summed E-state index contributed by atoms with van der Waals surface area (Å²) in [4.78, 5) is 20.9. The van der Waals surface area contributed by atoms with Crippen LogP contribution in [0.25, 0.3) is 0 Å². The molecular weight excluding hydrogens is 347 g/mol. The molecule has 0 bridgehead atoms. The highest BCUT2D eigenvalue weighted by Gasteiger charge is 2.13. The van der Waals surface area contributed by atoms with Crippen molar-refractivity contribution in [3.05, 3.63) is 71.9 Å². The Morgan fingerprint density at radius 1 is 1.07 bits per heavy atom. The predicted octanol–water partition coefficient (Wildman–Crippen LogP) is 4.32. The molecule has 0 aliphatic rings. The highest BCUT2D eigenvalue weighted by molar-refractivity contribution is 6.03. The first-order valence-electron chi connectivity index (χ1n) is 8.47. The number of carbonyl (C=O) groups is 1. The Bertz CT molecular complexity index is 962. The van der Waals surface area contributed by atoms with E-state index in [1.807, 2.05) is 31.2 Å². The van der Waals surface area contributed by atoms with Crippen molar-refractivity contribution in [1.29, 1.82) is 0 Å². The normalized spacial score (nSPS) is 10.3. The Morgan fingerprint density at radius 3 is 2.52 bits per heavy atom. The van der Waals surface area contributed by atoms with E-state index in [-0.39, 0.29) is 11.4 Å². The van der Waals surface area contributed by atoms with E-state index in [1.54, 1.807) is 19.1 Å². The topological polar surface area (TPSA) is 76.1 Å². The summed E-state index contributed by atoms with van der Waals surface area (Å²) in [7, 11) is 0. The van der Waals surface area contributed by atoms with Gasteiger partial charge >= 0.3 is 0 Å². The minimum absolute atomic E-state index is 0.0926. The molecule has 3 aromatic rings. The number of rotatable bonds is 6. The molecule has 0 unspecified atom stereocenters. The Kier molecular flexibility index (Phi) is 5.61. The number of hydrogen-bond acceptors (Lipinski definition) is 5. The van der Waals surface area contributed by atoms with E-state index in [2.05, 4.69) is 20.6 Å². The summed E-state index contributed by atoms with van der Waals surface area (Å²) in [6, 6.07) is 14.9. The average Bonchev–Trinajstić information content (AvgIpc) is 2.65. The fraction of sp³-hybridized carbons (Fsp3) is 0.150. The van der Waals surface area contributed by atoms with Crippen LogP contribution >= 0.6 is 0 Å². The summed E-state index contributed by atoms with van der Waals surface area (Å²) >= 11 is 0. The monoisotopic (exact) mass is 366 g/mol. The van der Waals surface area contributed by atoms with Crippen LogP contribution in [0.4, 0.5) is 21.6 Å². The highest BCUT2D eigenvalue weighted by Crippen LogP contribution is 2.27. The number of carbonyl (C=O) groups excluding carboxylic acids is 1. The second kappa shape index (κ2) is 8.27. The molecule has 0 atom stereocenters. The van der Waals surface area contributed by atoms with Gasteiger partial charge in [0, 0.05) is 6.07 Å². The van der Waals surface area contributed by atoms with Crippen molar-refractivity contribution in [3.8, 4) is 5.75 Å². The van der Waals surface area contributed by atoms with E-state index in [1.165, 1.54) is 18.2 Å². The summed E-state index contributed by atoms with van der Waals surface area (Å²) in [6.07, 6.45) is 0. The number of nitrogens with zero attached hydrogens (tertiary/aromatic N) is 2. The Hall–Kier alpha value is -3.48. The van der Waals surface area contributed by atoms with Gasteiger partial charge in [0.05, 0.1) is 18.0 Å². The van der Waals surface area contributed by atoms with Crippen LogP contribution in [0.1, 0.15) is 23.2 Å². The van der Waals surface area contributed by atoms with Crippen LogP contribution in [0.5, 0.6) is 5.75 Å². The molecule has 2 aromatic carbocycles. The molecular formula is C20H19FN4O2. The molecule has 0 spiro atoms. The van der Waals surface area contributed by atoms with Gasteiger partial charge in [-0.1, -0.05) is 24.3 Å². The molecule has 2 N–H and O–H groups in total. The van der Waals surface area contributed by atoms with E-state index in [0.717, 1.165) is 5.69 Å². The Balaban J connectivity index is 1.84. The summed E-state index contributed by atoms with van der Waals surface area (Å²) < 4.78 is 19.3. The highest BCUT2D eigenvalue weighted by atomic mass is 19.1. The summed E-state index contributed by atoms with van der Waals surface area (Å²) in [5.41, 5.74) is 0.940. The van der Waals surface area contributed by atoms with E-state index < -0.39 is 11.7 Å². The van der Waals surface area contributed by atoms with Crippen molar-refractivity contribution >= 4 is 23.1 Å². The zero-order chi connectivity index (χ0) is 19.2. The molecule has 6 nitrogen and oxygen atoms in total. The third-order valence-electron chi connectivity index (χ3n) is 3.64. The number of aryl methyl sites for hydroxylation is 1. The van der Waals surface area contributed by atoms with Gasteiger partial charge in [-0.3, -0.25) is 4.79 Å². The van der Waals surface area contributed by atoms with Gasteiger partial charge in [0.25, 0.3) is 5.91 Å². The van der Waals surface area contributed by atoms with Crippen molar-refractivity contribution in [3.63, 3.8) is 0 Å². The molecule has 1 heterocycles. The molecule has 3 rings (SSSR count). The van der Waals surface area contributed by atoms with Crippen molar-refractivity contribution in [2.45, 2.75) is 13.8 Å². The van der Waals surface area contributed by atoms with Gasteiger partial charge in [0.15, 0.2) is 0 Å². The van der Waals surface area contributed by atoms with E-state index in [9.17, 15) is 9.18 Å². The quantitative estimate of drug-likeness (QED) is 0.679. The lowest BCUT2D eigenvalue weighted by molar-refractivity contribution is 0.102. The number of aromatic nitrogens is 2. The first-order valence-corrected chi connectivity index (χ1v) is 8.47. The molecule has 27 heavy (non-hydrogen) atoms. The lowest BCUT2D eigenvalue weighted by Crippen LogP contribution is -2.16. The molecule has 138 valence electrons. The maximum Gasteiger partial charge on any atom is 0.274 e. The Morgan fingerprint density at radius 2 is 1.78 bits per heavy atom. The minimum atomic E-state index is -0.522. The van der Waals surface area contributed by atoms with Crippen LogP contribution in [-0.4, -0.2) is 22.5 Å². The third kappa shape index (κ3) is 4.58. The zero-order valence-corrected chi connectivity index (χ0v) is 15.0. The third-order valence-corrected chi connectivity index (χ3v) is 3.64. The summed E-state index contributed by atoms with van der Waals surface area (Å²) in [5, 5.41) is 5.66. The molecule has 0 radical (unpaired) electrons. The second-order valence-corrected chi connectivity index (χ2v) is 5.67. The van der Waals surface area contributed by atoms with Crippen molar-refractivity contribution in [2.24, 2.45) is 0 Å². The molecule has 0 aliphatic heterocycles. The number of anilines is 3. The first-order chi connectivity index (χ1) is 13.1. The Labute approximate surface area is 156 Å². The van der Waals surface area contributed by atoms with Crippen molar-refractivity contribution in [1.82, 2.24) is 9.97 Å². The van der Waals surface area contributed by atoms with E-state index >= 15 is 0 Å². The van der Waals surface area contributed by atoms with Crippen LogP contribution in [-0.2, 0) is 0 Å². The maximum atomic E-state index is 13.8. The number of benzene rings is 2. The average molecular weight is 366 g/mol. The molecule has 7 heteroatoms. The zero-order valence-electron chi connectivity index (χ0n) is 15.0. The van der Waals surface area contributed by atoms with Crippen LogP contribution in [0, 0.1) is 12.7 Å². The maximum absolute atomic E-state index is 13.8. The van der Waals surface area contributed by atoms with Gasteiger partial charge in [-0.15, -0.1) is 0 Å². The van der Waals surface area contributed by atoms with Gasteiger partial charge < -0.3 is 15.4 Å². The van der Waals surface area contributed by atoms with Crippen molar-refractivity contribution in [2.75, 3.05) is 17.2 Å². The minimum Gasteiger partial charge on any atom is -0.492 e. The SMILES string of the molecule is CCOc1ccccc1Nc1cc(C(=O)Nc2ccccc2F)nc(C)n1. The van der Waals surface area contributed by atoms with E-state index in [4.69, 9.17) is 4.74 Å². The molecule has 1 aromatic heterocycles. The number of ether oxygens (including phenoxy) is 1. The van der Waals surface area contributed by atoms with E-state index in [0.29, 0.717) is 24.0 Å². The van der Waals surface area contributed by atoms with Crippen LogP contribution < -0.4 is 15.4 Å². The molecule has 0 saturated carbocycles. The lowest BCUT2D eigenvalue weighted by atomic mass is 10.2. The number of hydrogen-bond donors (Lipinski definition) is 2. The fourth-order valence-electron chi connectivity index (χ4n) is 2.49. The fourth-order valence-corrected chi connectivity index (χ4v) is 2.49. The van der Waals surface area contributed by atoms with Crippen LogP contribution in [0.3, 0.4) is 0 Å². The molecule has 1 amide bonds. The van der Waals surface area contributed by atoms with Crippen molar-refractivity contribution < 1.29 is 13.9 Å². The lowest BCUT2D eigenvalue weighted by Gasteiger charge is -2.13. The molecule has 0 aliphatic carbocycles. The number of halogens is 1. The van der Waals surface area contributed by atoms with Gasteiger partial charge in [-0.05, 0) is 38.1 Å². The first kappa shape index (κ1) is 18.3. The van der Waals surface area contributed by atoms with Gasteiger partial charge in [0.2, 0.25) is 0 Å². The predicted molar refractivity (Wildman–Crippen MR) is 102 cm³/mol. The summed E-state index contributed by atoms with van der Waals surface area (Å²) in [6.45, 7) is 4.11. The van der Waals surface area contributed by atoms with Crippen LogP contribution in [0.15, 0.2) is 54.6 Å².